The van der Waals surface area contributed by atoms with Crippen LogP contribution in [-0.4, -0.2) is 42.6 Å². The standard InChI is InChI=1S/C24H30O5/c1-17(2)24(27)29-13-12-28-23-14-18(3)4-11-22(23)21-9-7-19(8-10-21)5-6-20(15-25)16-26/h4,7-11,14,20,25-26H,1,5-6,12-13,15-16H2,2-3H3. The Kier molecular flexibility index (Phi) is 8.90. The van der Waals surface area contributed by atoms with Gasteiger partial charge in [-0.3, -0.25) is 0 Å². The van der Waals surface area contributed by atoms with Crippen molar-refractivity contribution in [2.75, 3.05) is 26.4 Å². The molecule has 0 bridgehead atoms. The largest absolute Gasteiger partial charge is 0.489 e. The van der Waals surface area contributed by atoms with Gasteiger partial charge in [-0.05, 0) is 49.4 Å². The van der Waals surface area contributed by atoms with Crippen molar-refractivity contribution >= 4 is 5.97 Å². The molecule has 0 aliphatic rings. The van der Waals surface area contributed by atoms with E-state index in [1.165, 1.54) is 0 Å². The Hall–Kier alpha value is -2.63. The highest BCUT2D eigenvalue weighted by atomic mass is 16.6. The molecule has 2 aromatic carbocycles. The third-order valence-corrected chi connectivity index (χ3v) is 4.68. The molecule has 0 aromatic heterocycles. The number of carbonyl (C=O) groups excluding carboxylic acids is 1. The monoisotopic (exact) mass is 398 g/mol. The van der Waals surface area contributed by atoms with Gasteiger partial charge < -0.3 is 19.7 Å². The average Bonchev–Trinajstić information content (AvgIpc) is 2.72. The molecule has 2 aromatic rings. The molecule has 0 saturated heterocycles. The van der Waals surface area contributed by atoms with Crippen LogP contribution in [0.15, 0.2) is 54.6 Å². The van der Waals surface area contributed by atoms with Crippen LogP contribution in [0.1, 0.15) is 24.5 Å². The highest BCUT2D eigenvalue weighted by molar-refractivity contribution is 5.86. The predicted octanol–water partition coefficient (Wildman–Crippen LogP) is 3.69. The minimum Gasteiger partial charge on any atom is -0.489 e. The highest BCUT2D eigenvalue weighted by Gasteiger charge is 2.10. The second-order valence-corrected chi connectivity index (χ2v) is 7.23. The zero-order valence-corrected chi connectivity index (χ0v) is 17.2. The van der Waals surface area contributed by atoms with Crippen LogP contribution < -0.4 is 4.74 Å². The van der Waals surface area contributed by atoms with Crippen molar-refractivity contribution in [1.29, 1.82) is 0 Å². The van der Waals surface area contributed by atoms with E-state index in [1.54, 1.807) is 6.92 Å². The maximum atomic E-state index is 11.5. The molecule has 2 rings (SSSR count). The van der Waals surface area contributed by atoms with E-state index in [2.05, 4.69) is 18.7 Å². The molecular weight excluding hydrogens is 368 g/mol. The number of ether oxygens (including phenoxy) is 2. The minimum absolute atomic E-state index is 0.000326. The molecule has 5 heteroatoms. The van der Waals surface area contributed by atoms with E-state index in [0.29, 0.717) is 5.57 Å². The van der Waals surface area contributed by atoms with E-state index in [9.17, 15) is 15.0 Å². The number of benzene rings is 2. The molecule has 2 N–H and O–H groups in total. The van der Waals surface area contributed by atoms with Crippen molar-refractivity contribution in [3.05, 3.63) is 65.7 Å². The van der Waals surface area contributed by atoms with Crippen molar-refractivity contribution in [2.45, 2.75) is 26.7 Å². The molecule has 29 heavy (non-hydrogen) atoms. The fraction of sp³-hybridized carbons (Fsp3) is 0.375. The van der Waals surface area contributed by atoms with E-state index < -0.39 is 5.97 Å². The second-order valence-electron chi connectivity index (χ2n) is 7.23. The lowest BCUT2D eigenvalue weighted by Crippen LogP contribution is -2.12. The lowest BCUT2D eigenvalue weighted by Gasteiger charge is -2.14. The summed E-state index contributed by atoms with van der Waals surface area (Å²) in [6.45, 7) is 7.59. The normalized spacial score (nSPS) is 10.8. The van der Waals surface area contributed by atoms with Gasteiger partial charge >= 0.3 is 5.97 Å². The van der Waals surface area contributed by atoms with Crippen LogP contribution >= 0.6 is 0 Å². The molecule has 0 heterocycles. The van der Waals surface area contributed by atoms with Gasteiger partial charge in [-0.2, -0.15) is 0 Å². The quantitative estimate of drug-likeness (QED) is 0.343. The van der Waals surface area contributed by atoms with Gasteiger partial charge in [0.25, 0.3) is 0 Å². The average molecular weight is 398 g/mol. The molecule has 0 radical (unpaired) electrons. The zero-order valence-electron chi connectivity index (χ0n) is 17.2. The maximum absolute atomic E-state index is 11.5. The molecule has 0 saturated carbocycles. The van der Waals surface area contributed by atoms with Gasteiger partial charge in [-0.25, -0.2) is 4.79 Å². The maximum Gasteiger partial charge on any atom is 0.333 e. The minimum atomic E-state index is -0.418. The van der Waals surface area contributed by atoms with Crippen molar-refractivity contribution in [2.24, 2.45) is 5.92 Å². The molecule has 0 atom stereocenters. The van der Waals surface area contributed by atoms with Crippen LogP contribution in [0.2, 0.25) is 0 Å². The number of hydrogen-bond acceptors (Lipinski definition) is 5. The number of aryl methyl sites for hydroxylation is 2. The lowest BCUT2D eigenvalue weighted by molar-refractivity contribution is -0.139. The van der Waals surface area contributed by atoms with Gasteiger partial charge in [-0.1, -0.05) is 43.0 Å². The Morgan fingerprint density at radius 3 is 2.38 bits per heavy atom. The zero-order chi connectivity index (χ0) is 21.2. The first kappa shape index (κ1) is 22.7. The second kappa shape index (κ2) is 11.4. The molecule has 0 aliphatic heterocycles. The summed E-state index contributed by atoms with van der Waals surface area (Å²) in [5, 5.41) is 18.4. The summed E-state index contributed by atoms with van der Waals surface area (Å²) in [6.07, 6.45) is 1.55. The SMILES string of the molecule is C=C(C)C(=O)OCCOc1cc(C)ccc1-c1ccc(CCC(CO)CO)cc1. The number of aliphatic hydroxyl groups is 2. The molecule has 156 valence electrons. The summed E-state index contributed by atoms with van der Waals surface area (Å²) < 4.78 is 11.0. The summed E-state index contributed by atoms with van der Waals surface area (Å²) in [7, 11) is 0. The van der Waals surface area contributed by atoms with Crippen LogP contribution in [-0.2, 0) is 16.0 Å². The van der Waals surface area contributed by atoms with Crippen molar-refractivity contribution in [3.8, 4) is 16.9 Å². The van der Waals surface area contributed by atoms with Crippen LogP contribution in [0, 0.1) is 12.8 Å². The Balaban J connectivity index is 2.04. The van der Waals surface area contributed by atoms with Gasteiger partial charge in [0.15, 0.2) is 0 Å². The van der Waals surface area contributed by atoms with E-state index >= 15 is 0 Å². The van der Waals surface area contributed by atoms with Gasteiger partial charge in [0.2, 0.25) is 0 Å². The fourth-order valence-electron chi connectivity index (χ4n) is 2.86. The molecule has 0 unspecified atom stereocenters. The van der Waals surface area contributed by atoms with Gasteiger partial charge in [-0.15, -0.1) is 0 Å². The number of aliphatic hydroxyl groups excluding tert-OH is 2. The number of carbonyl (C=O) groups is 1. The van der Waals surface area contributed by atoms with Crippen LogP contribution in [0.3, 0.4) is 0 Å². The number of esters is 1. The first-order valence-corrected chi connectivity index (χ1v) is 9.81. The molecule has 0 amide bonds. The highest BCUT2D eigenvalue weighted by Crippen LogP contribution is 2.31. The summed E-state index contributed by atoms with van der Waals surface area (Å²) in [5.41, 5.74) is 4.60. The smallest absolute Gasteiger partial charge is 0.333 e. The Morgan fingerprint density at radius 2 is 1.76 bits per heavy atom. The topological polar surface area (TPSA) is 76.0 Å². The summed E-state index contributed by atoms with van der Waals surface area (Å²) in [6, 6.07) is 14.2. The van der Waals surface area contributed by atoms with Gasteiger partial charge in [0.05, 0.1) is 0 Å². The molecular formula is C24H30O5. The van der Waals surface area contributed by atoms with Gasteiger partial charge in [0.1, 0.15) is 19.0 Å². The predicted molar refractivity (Wildman–Crippen MR) is 114 cm³/mol. The Bertz CT molecular complexity index is 807. The number of rotatable bonds is 11. The van der Waals surface area contributed by atoms with Crippen molar-refractivity contribution in [1.82, 2.24) is 0 Å². The molecule has 0 fully saturated rings. The lowest BCUT2D eigenvalue weighted by atomic mass is 9.97. The van der Waals surface area contributed by atoms with Crippen molar-refractivity contribution in [3.63, 3.8) is 0 Å². The summed E-state index contributed by atoms with van der Waals surface area (Å²) in [5.74, 6) is 0.244. The van der Waals surface area contributed by atoms with Crippen molar-refractivity contribution < 1.29 is 24.5 Å². The van der Waals surface area contributed by atoms with E-state index in [4.69, 9.17) is 9.47 Å². The van der Waals surface area contributed by atoms with Crippen LogP contribution in [0.5, 0.6) is 5.75 Å². The Morgan fingerprint density at radius 1 is 1.07 bits per heavy atom. The summed E-state index contributed by atoms with van der Waals surface area (Å²) >= 11 is 0. The third-order valence-electron chi connectivity index (χ3n) is 4.68. The van der Waals surface area contributed by atoms with Crippen LogP contribution in [0.25, 0.3) is 11.1 Å². The fourth-order valence-corrected chi connectivity index (χ4v) is 2.86. The van der Waals surface area contributed by atoms with E-state index in [1.807, 2.05) is 37.3 Å². The summed E-state index contributed by atoms with van der Waals surface area (Å²) in [4.78, 5) is 11.5. The van der Waals surface area contributed by atoms with Crippen LogP contribution in [0.4, 0.5) is 0 Å². The molecule has 0 aliphatic carbocycles. The number of hydrogen-bond donors (Lipinski definition) is 2. The van der Waals surface area contributed by atoms with E-state index in [-0.39, 0.29) is 32.3 Å². The Labute approximate surface area is 172 Å². The third kappa shape index (κ3) is 7.04. The molecule has 5 nitrogen and oxygen atoms in total. The molecule has 0 spiro atoms. The van der Waals surface area contributed by atoms with E-state index in [0.717, 1.165) is 40.8 Å². The first-order chi connectivity index (χ1) is 13.9. The first-order valence-electron chi connectivity index (χ1n) is 9.81. The van der Waals surface area contributed by atoms with Gasteiger partial charge in [0, 0.05) is 30.3 Å².